The van der Waals surface area contributed by atoms with E-state index in [1.165, 1.54) is 6.92 Å². The zero-order valence-electron chi connectivity index (χ0n) is 14.5. The van der Waals surface area contributed by atoms with Crippen molar-refractivity contribution in [2.75, 3.05) is 12.9 Å². The number of carboxylic acids is 1. The number of sulfone groups is 1. The molecule has 1 aliphatic heterocycles. The van der Waals surface area contributed by atoms with Crippen molar-refractivity contribution >= 4 is 21.5 Å². The molecule has 1 aromatic carbocycles. The van der Waals surface area contributed by atoms with Gasteiger partial charge < -0.3 is 9.94 Å². The molecule has 1 aliphatic rings. The second-order valence-corrected chi connectivity index (χ2v) is 8.75. The Hall–Kier alpha value is -2.40. The van der Waals surface area contributed by atoms with Crippen molar-refractivity contribution in [2.24, 2.45) is 5.16 Å². The van der Waals surface area contributed by atoms with Crippen LogP contribution in [0.1, 0.15) is 37.3 Å². The van der Waals surface area contributed by atoms with E-state index in [2.05, 4.69) is 17.0 Å². The number of carbonyl (C=O) groups is 1. The maximum Gasteiger partial charge on any atom is 0.324 e. The highest BCUT2D eigenvalue weighted by atomic mass is 32.2. The first-order valence-electron chi connectivity index (χ1n) is 7.98. The normalized spacial score (nSPS) is 18.9. The third-order valence-electron chi connectivity index (χ3n) is 4.29. The van der Waals surface area contributed by atoms with Crippen molar-refractivity contribution in [3.63, 3.8) is 0 Å². The van der Waals surface area contributed by atoms with Gasteiger partial charge in [0.25, 0.3) is 0 Å². The fourth-order valence-electron chi connectivity index (χ4n) is 2.50. The summed E-state index contributed by atoms with van der Waals surface area (Å²) in [6, 6.07) is 7.12. The number of hydrogen-bond acceptors (Lipinski definition) is 5. The third kappa shape index (κ3) is 4.41. The summed E-state index contributed by atoms with van der Waals surface area (Å²) in [6.07, 6.45) is 0.573. The average Bonchev–Trinajstić information content (AvgIpc) is 3.03. The van der Waals surface area contributed by atoms with Crippen LogP contribution in [0.15, 0.2) is 29.4 Å². The number of halogens is 1. The van der Waals surface area contributed by atoms with Gasteiger partial charge in [-0.3, -0.25) is 9.18 Å². The van der Waals surface area contributed by atoms with Crippen LogP contribution in [0.2, 0.25) is 0 Å². The minimum atomic E-state index is -3.82. The number of nitrogens with zero attached hydrogens (tertiary/aromatic N) is 1. The van der Waals surface area contributed by atoms with Crippen molar-refractivity contribution < 1.29 is 27.5 Å². The quantitative estimate of drug-likeness (QED) is 0.763. The summed E-state index contributed by atoms with van der Waals surface area (Å²) in [5, 5.41) is 13.3. The van der Waals surface area contributed by atoms with Gasteiger partial charge in [-0.05, 0) is 24.6 Å². The number of aliphatic carboxylic acids is 1. The Kier molecular flexibility index (Phi) is 6.03. The fraction of sp³-hybridized carbons (Fsp3) is 0.444. The van der Waals surface area contributed by atoms with Gasteiger partial charge in [-0.25, -0.2) is 8.42 Å². The number of alkyl halides is 1. The summed E-state index contributed by atoms with van der Waals surface area (Å²) in [7, 11) is -3.82. The Labute approximate surface area is 152 Å². The standard InChI is InChI=1S/C18H20FNO5S/c1-18(17(21)22,26(2,23)24)12-15-11-16(20-25-15)14-8-6-13(7-9-14)5-3-4-10-19/h6-9,15H,4,10-12H2,1-2H3,(H,21,22)/t15-,18-/m1/s1. The van der Waals surface area contributed by atoms with Crippen molar-refractivity contribution in [1.29, 1.82) is 0 Å². The van der Waals surface area contributed by atoms with Gasteiger partial charge >= 0.3 is 5.97 Å². The summed E-state index contributed by atoms with van der Waals surface area (Å²) >= 11 is 0. The maximum atomic E-state index is 12.0. The lowest BCUT2D eigenvalue weighted by Gasteiger charge is -2.24. The van der Waals surface area contributed by atoms with Gasteiger partial charge in [-0.2, -0.15) is 0 Å². The molecule has 0 aromatic heterocycles. The van der Waals surface area contributed by atoms with Crippen LogP contribution >= 0.6 is 0 Å². The molecule has 1 heterocycles. The monoisotopic (exact) mass is 381 g/mol. The van der Waals surface area contributed by atoms with Crippen LogP contribution in [0.5, 0.6) is 0 Å². The van der Waals surface area contributed by atoms with Crippen LogP contribution in [0, 0.1) is 11.8 Å². The lowest BCUT2D eigenvalue weighted by molar-refractivity contribution is -0.140. The third-order valence-corrected chi connectivity index (χ3v) is 6.27. The lowest BCUT2D eigenvalue weighted by atomic mass is 9.97. The van der Waals surface area contributed by atoms with Crippen molar-refractivity contribution in [1.82, 2.24) is 0 Å². The van der Waals surface area contributed by atoms with Gasteiger partial charge in [0.2, 0.25) is 0 Å². The predicted octanol–water partition coefficient (Wildman–Crippen LogP) is 2.17. The van der Waals surface area contributed by atoms with Crippen LogP contribution in [-0.4, -0.2) is 49.0 Å². The summed E-state index contributed by atoms with van der Waals surface area (Å²) in [5.74, 6) is 4.14. The average molecular weight is 381 g/mol. The molecule has 1 N–H and O–H groups in total. The molecule has 1 aromatic rings. The van der Waals surface area contributed by atoms with Crippen LogP contribution < -0.4 is 0 Å². The zero-order chi connectivity index (χ0) is 19.4. The van der Waals surface area contributed by atoms with E-state index in [1.807, 2.05) is 0 Å². The van der Waals surface area contributed by atoms with E-state index in [9.17, 15) is 22.7 Å². The first kappa shape index (κ1) is 19.9. The second kappa shape index (κ2) is 7.87. The molecule has 26 heavy (non-hydrogen) atoms. The first-order valence-corrected chi connectivity index (χ1v) is 9.87. The van der Waals surface area contributed by atoms with E-state index in [4.69, 9.17) is 4.84 Å². The Bertz CT molecular complexity index is 867. The Morgan fingerprint density at radius 3 is 2.62 bits per heavy atom. The highest BCUT2D eigenvalue weighted by Crippen LogP contribution is 2.29. The van der Waals surface area contributed by atoms with Crippen molar-refractivity contribution in [3.05, 3.63) is 35.4 Å². The van der Waals surface area contributed by atoms with E-state index in [1.54, 1.807) is 24.3 Å². The van der Waals surface area contributed by atoms with Crippen molar-refractivity contribution in [3.8, 4) is 11.8 Å². The number of hydrogen-bond donors (Lipinski definition) is 1. The van der Waals surface area contributed by atoms with E-state index >= 15 is 0 Å². The number of benzene rings is 1. The van der Waals surface area contributed by atoms with Gasteiger partial charge in [-0.15, -0.1) is 0 Å². The van der Waals surface area contributed by atoms with E-state index in [-0.39, 0.29) is 12.8 Å². The van der Waals surface area contributed by atoms with E-state index in [0.29, 0.717) is 12.1 Å². The molecule has 0 bridgehead atoms. The minimum absolute atomic E-state index is 0.187. The van der Waals surface area contributed by atoms with E-state index < -0.39 is 33.3 Å². The highest BCUT2D eigenvalue weighted by molar-refractivity contribution is 7.92. The molecule has 0 unspecified atom stereocenters. The van der Waals surface area contributed by atoms with Gasteiger partial charge in [-0.1, -0.05) is 29.1 Å². The van der Waals surface area contributed by atoms with Crippen molar-refractivity contribution in [2.45, 2.75) is 37.0 Å². The molecule has 2 rings (SSSR count). The number of rotatable bonds is 6. The lowest BCUT2D eigenvalue weighted by Crippen LogP contribution is -2.45. The molecule has 2 atom stereocenters. The Balaban J connectivity index is 2.06. The van der Waals surface area contributed by atoms with Crippen LogP contribution in [0.3, 0.4) is 0 Å². The highest BCUT2D eigenvalue weighted by Gasteiger charge is 2.47. The Morgan fingerprint density at radius 2 is 2.08 bits per heavy atom. The minimum Gasteiger partial charge on any atom is -0.480 e. The smallest absolute Gasteiger partial charge is 0.324 e. The fourth-order valence-corrected chi connectivity index (χ4v) is 3.30. The van der Waals surface area contributed by atoms with E-state index in [0.717, 1.165) is 17.4 Å². The van der Waals surface area contributed by atoms with Gasteiger partial charge in [0.05, 0.1) is 5.71 Å². The van der Waals surface area contributed by atoms with Gasteiger partial charge in [0.15, 0.2) is 14.6 Å². The van der Waals surface area contributed by atoms with Crippen LogP contribution in [-0.2, 0) is 19.5 Å². The van der Waals surface area contributed by atoms with Gasteiger partial charge in [0, 0.05) is 31.1 Å². The molecule has 0 fully saturated rings. The second-order valence-electron chi connectivity index (χ2n) is 6.30. The summed E-state index contributed by atoms with van der Waals surface area (Å²) in [5.41, 5.74) is 2.13. The molecular weight excluding hydrogens is 361 g/mol. The SMILES string of the molecule is C[C@@](C[C@H]1CC(c2ccc(C#CCCF)cc2)=NO1)(C(=O)O)S(C)(=O)=O. The summed E-state index contributed by atoms with van der Waals surface area (Å²) in [6.45, 7) is 0.695. The molecule has 0 aliphatic carbocycles. The first-order chi connectivity index (χ1) is 12.2. The van der Waals surface area contributed by atoms with Crippen LogP contribution in [0.4, 0.5) is 4.39 Å². The van der Waals surface area contributed by atoms with Gasteiger partial charge in [0.1, 0.15) is 12.8 Å². The number of oxime groups is 1. The summed E-state index contributed by atoms with van der Waals surface area (Å²) in [4.78, 5) is 16.7. The molecular formula is C18H20FNO5S. The molecule has 0 radical (unpaired) electrons. The number of carboxylic acid groups (broad SMARTS) is 1. The topological polar surface area (TPSA) is 93.0 Å². The molecule has 140 valence electrons. The molecule has 0 saturated heterocycles. The molecule has 0 saturated carbocycles. The molecule has 0 spiro atoms. The molecule has 0 amide bonds. The predicted molar refractivity (Wildman–Crippen MR) is 95.4 cm³/mol. The Morgan fingerprint density at radius 1 is 1.42 bits per heavy atom. The van der Waals surface area contributed by atoms with Crippen LogP contribution in [0.25, 0.3) is 0 Å². The molecule has 8 heteroatoms. The largest absolute Gasteiger partial charge is 0.480 e. The zero-order valence-corrected chi connectivity index (χ0v) is 15.3. The maximum absolute atomic E-state index is 12.0. The molecule has 6 nitrogen and oxygen atoms in total. The summed E-state index contributed by atoms with van der Waals surface area (Å²) < 4.78 is 33.8.